The molecule has 0 radical (unpaired) electrons. The Morgan fingerprint density at radius 3 is 2.95 bits per heavy atom. The van der Waals surface area contributed by atoms with Crippen molar-refractivity contribution in [3.05, 3.63) is 30.1 Å². The lowest BCUT2D eigenvalue weighted by Gasteiger charge is -2.13. The van der Waals surface area contributed by atoms with Gasteiger partial charge in [-0.3, -0.25) is 0 Å². The first-order chi connectivity index (χ1) is 9.40. The molecule has 0 aliphatic heterocycles. The smallest absolute Gasteiger partial charge is 0.199 e. The van der Waals surface area contributed by atoms with Crippen LogP contribution in [0.4, 0.5) is 0 Å². The number of nitrogens with one attached hydrogen (secondary N) is 1. The van der Waals surface area contributed by atoms with Crippen molar-refractivity contribution in [1.29, 1.82) is 0 Å². The Morgan fingerprint density at radius 1 is 1.26 bits per heavy atom. The molecule has 0 bridgehead atoms. The molecule has 2 aromatic heterocycles. The minimum absolute atomic E-state index is 0.0221. The summed E-state index contributed by atoms with van der Waals surface area (Å²) < 4.78 is 1.88. The summed E-state index contributed by atoms with van der Waals surface area (Å²) in [5.41, 5.74) is 1.88. The fourth-order valence-corrected chi connectivity index (χ4v) is 2.19. The van der Waals surface area contributed by atoms with Crippen molar-refractivity contribution in [3.63, 3.8) is 0 Å². The van der Waals surface area contributed by atoms with E-state index in [2.05, 4.69) is 37.9 Å². The van der Waals surface area contributed by atoms with E-state index in [0.29, 0.717) is 5.82 Å². The maximum absolute atomic E-state index is 4.25. The molecule has 19 heavy (non-hydrogen) atoms. The highest BCUT2D eigenvalue weighted by atomic mass is 15.5. The summed E-state index contributed by atoms with van der Waals surface area (Å²) >= 11 is 0. The average Bonchev–Trinajstić information content (AvgIpc) is 3.09. The molecule has 1 aromatic carbocycles. The monoisotopic (exact) mass is 257 g/mol. The fraction of sp³-hybridized carbons (Fsp3) is 0.417. The highest BCUT2D eigenvalue weighted by molar-refractivity contribution is 5.74. The molecule has 0 spiro atoms. The molecule has 1 N–H and O–H groups in total. The Hall–Kier alpha value is -2.31. The average molecular weight is 257 g/mol. The number of hydrogen-bond donors (Lipinski definition) is 1. The maximum Gasteiger partial charge on any atom is 0.199 e. The van der Waals surface area contributed by atoms with Crippen LogP contribution in [0.2, 0.25) is 0 Å². The lowest BCUT2D eigenvalue weighted by atomic mass is 10.1. The van der Waals surface area contributed by atoms with Gasteiger partial charge in [0.05, 0.1) is 5.52 Å². The van der Waals surface area contributed by atoms with E-state index in [9.17, 15) is 0 Å². The zero-order chi connectivity index (χ0) is 13.1. The van der Waals surface area contributed by atoms with Crippen molar-refractivity contribution in [3.8, 4) is 0 Å². The molecule has 0 saturated carbocycles. The lowest BCUT2D eigenvalue weighted by Crippen LogP contribution is -2.14. The third-order valence-electron chi connectivity index (χ3n) is 3.16. The first kappa shape index (κ1) is 11.8. The second-order valence-corrected chi connectivity index (χ2v) is 4.45. The molecule has 3 rings (SSSR count). The van der Waals surface area contributed by atoms with Crippen LogP contribution in [0.25, 0.3) is 11.0 Å². The second-order valence-electron chi connectivity index (χ2n) is 4.45. The van der Waals surface area contributed by atoms with Crippen LogP contribution in [0.5, 0.6) is 0 Å². The van der Waals surface area contributed by atoms with E-state index in [1.165, 1.54) is 0 Å². The number of benzene rings is 1. The number of hydrogen-bond acceptors (Lipinski definition) is 5. The molecule has 7 heteroatoms. The Balaban J connectivity index is 2.03. The van der Waals surface area contributed by atoms with E-state index in [1.807, 2.05) is 28.9 Å². The molecule has 0 fully saturated rings. The molecule has 0 amide bonds. The lowest BCUT2D eigenvalue weighted by molar-refractivity contribution is 0.452. The van der Waals surface area contributed by atoms with Crippen molar-refractivity contribution in [2.75, 3.05) is 0 Å². The van der Waals surface area contributed by atoms with E-state index in [0.717, 1.165) is 30.3 Å². The van der Waals surface area contributed by atoms with Gasteiger partial charge in [0.1, 0.15) is 11.6 Å². The van der Waals surface area contributed by atoms with E-state index in [1.54, 1.807) is 0 Å². The third-order valence-corrected chi connectivity index (χ3v) is 3.16. The van der Waals surface area contributed by atoms with Crippen molar-refractivity contribution in [1.82, 2.24) is 35.6 Å². The molecule has 98 valence electrons. The number of nitrogens with zero attached hydrogens (tertiary/aromatic N) is 6. The van der Waals surface area contributed by atoms with Gasteiger partial charge in [0.2, 0.25) is 0 Å². The number of H-pyrrole nitrogens is 1. The Kier molecular flexibility index (Phi) is 3.18. The van der Waals surface area contributed by atoms with Crippen LogP contribution >= 0.6 is 0 Å². The van der Waals surface area contributed by atoms with Crippen molar-refractivity contribution < 1.29 is 0 Å². The van der Waals surface area contributed by atoms with Crippen LogP contribution in [0, 0.1) is 0 Å². The predicted molar refractivity (Wildman–Crippen MR) is 69.4 cm³/mol. The first-order valence-electron chi connectivity index (χ1n) is 6.43. The zero-order valence-electron chi connectivity index (χ0n) is 10.7. The van der Waals surface area contributed by atoms with Crippen LogP contribution in [0.1, 0.15) is 38.1 Å². The molecular formula is C12H15N7. The Labute approximate surface area is 110 Å². The standard InChI is InChI=1S/C12H15N7/c1-2-3-7-11(12-14-16-17-15-12)19-10-8-5-4-6-9(10)13-18-19/h4-6,8,11H,2-3,7H2,1H3,(H,14,15,16,17). The summed E-state index contributed by atoms with van der Waals surface area (Å²) in [7, 11) is 0. The second kappa shape index (κ2) is 5.13. The minimum Gasteiger partial charge on any atom is -0.234 e. The molecule has 7 nitrogen and oxygen atoms in total. The van der Waals surface area contributed by atoms with Gasteiger partial charge in [-0.1, -0.05) is 42.3 Å². The van der Waals surface area contributed by atoms with Gasteiger partial charge in [0.25, 0.3) is 0 Å². The first-order valence-corrected chi connectivity index (χ1v) is 6.43. The maximum atomic E-state index is 4.25. The number of aromatic amines is 1. The summed E-state index contributed by atoms with van der Waals surface area (Å²) in [4.78, 5) is 0. The van der Waals surface area contributed by atoms with Crippen molar-refractivity contribution >= 4 is 11.0 Å². The van der Waals surface area contributed by atoms with Crippen LogP contribution in [-0.2, 0) is 0 Å². The Bertz CT molecular complexity index is 643. The molecule has 1 unspecified atom stereocenters. The number of aromatic nitrogens is 7. The van der Waals surface area contributed by atoms with E-state index < -0.39 is 0 Å². The van der Waals surface area contributed by atoms with Crippen LogP contribution in [-0.4, -0.2) is 35.6 Å². The summed E-state index contributed by atoms with van der Waals surface area (Å²) in [6, 6.07) is 7.87. The topological polar surface area (TPSA) is 85.2 Å². The molecule has 2 heterocycles. The van der Waals surface area contributed by atoms with E-state index in [4.69, 9.17) is 0 Å². The number of unbranched alkanes of at least 4 members (excludes halogenated alkanes) is 1. The summed E-state index contributed by atoms with van der Waals surface area (Å²) in [6.07, 6.45) is 3.11. The molecule has 1 atom stereocenters. The molecule has 0 aliphatic carbocycles. The third kappa shape index (κ3) is 2.18. The largest absolute Gasteiger partial charge is 0.234 e. The van der Waals surface area contributed by atoms with Crippen LogP contribution in [0.3, 0.4) is 0 Å². The number of para-hydroxylation sites is 1. The van der Waals surface area contributed by atoms with Gasteiger partial charge >= 0.3 is 0 Å². The van der Waals surface area contributed by atoms with Gasteiger partial charge in [0.15, 0.2) is 5.82 Å². The number of tetrazole rings is 1. The molecule has 0 saturated heterocycles. The Morgan fingerprint density at radius 2 is 2.16 bits per heavy atom. The molecule has 3 aromatic rings. The van der Waals surface area contributed by atoms with Crippen molar-refractivity contribution in [2.24, 2.45) is 0 Å². The fourth-order valence-electron chi connectivity index (χ4n) is 2.19. The SMILES string of the molecule is CCCCC(c1nn[nH]n1)n1nnc2ccccc21. The molecule has 0 aliphatic rings. The summed E-state index contributed by atoms with van der Waals surface area (Å²) in [5, 5.41) is 22.8. The van der Waals surface area contributed by atoms with Gasteiger partial charge in [-0.2, -0.15) is 5.21 Å². The zero-order valence-corrected chi connectivity index (χ0v) is 10.7. The van der Waals surface area contributed by atoms with E-state index >= 15 is 0 Å². The van der Waals surface area contributed by atoms with Crippen LogP contribution in [0.15, 0.2) is 24.3 Å². The minimum atomic E-state index is -0.0221. The van der Waals surface area contributed by atoms with Gasteiger partial charge in [-0.05, 0) is 18.6 Å². The quantitative estimate of drug-likeness (QED) is 0.752. The van der Waals surface area contributed by atoms with Gasteiger partial charge in [-0.15, -0.1) is 15.3 Å². The highest BCUT2D eigenvalue weighted by Gasteiger charge is 2.21. The number of fused-ring (bicyclic) bond motifs is 1. The van der Waals surface area contributed by atoms with E-state index in [-0.39, 0.29) is 6.04 Å². The van der Waals surface area contributed by atoms with Crippen molar-refractivity contribution in [2.45, 2.75) is 32.2 Å². The van der Waals surface area contributed by atoms with Gasteiger partial charge in [0, 0.05) is 0 Å². The predicted octanol–water partition coefficient (Wildman–Crippen LogP) is 1.72. The number of rotatable bonds is 5. The highest BCUT2D eigenvalue weighted by Crippen LogP contribution is 2.23. The normalized spacial score (nSPS) is 12.9. The van der Waals surface area contributed by atoms with Crippen LogP contribution < -0.4 is 0 Å². The van der Waals surface area contributed by atoms with Gasteiger partial charge < -0.3 is 0 Å². The molecular weight excluding hydrogens is 242 g/mol. The summed E-state index contributed by atoms with van der Waals surface area (Å²) in [6.45, 7) is 2.16. The summed E-state index contributed by atoms with van der Waals surface area (Å²) in [5.74, 6) is 0.657. The van der Waals surface area contributed by atoms with Gasteiger partial charge in [-0.25, -0.2) is 4.68 Å².